The molecule has 0 heterocycles. The quantitative estimate of drug-likeness (QED) is 0.416. The number of ether oxygens (including phenoxy) is 2. The number of amides is 2. The number of carbonyl (C=O) groups is 2. The van der Waals surface area contributed by atoms with Gasteiger partial charge in [0.05, 0.1) is 17.7 Å². The van der Waals surface area contributed by atoms with E-state index in [4.69, 9.17) is 15.2 Å². The Balaban J connectivity index is 1.75. The van der Waals surface area contributed by atoms with Crippen LogP contribution in [0.25, 0.3) is 0 Å². The molecule has 2 amide bonds. The van der Waals surface area contributed by atoms with Crippen LogP contribution < -0.4 is 20.5 Å². The Labute approximate surface area is 198 Å². The second kappa shape index (κ2) is 10.8. The average molecular weight is 523 g/mol. The largest absolute Gasteiger partial charge is 0.497 e. The van der Waals surface area contributed by atoms with Gasteiger partial charge in [-0.15, -0.1) is 0 Å². The van der Waals surface area contributed by atoms with Crippen molar-refractivity contribution in [3.05, 3.63) is 70.0 Å². The number of hydrogen-bond acceptors (Lipinski definition) is 6. The lowest BCUT2D eigenvalue weighted by atomic mass is 9.91. The van der Waals surface area contributed by atoms with Gasteiger partial charge in [-0.05, 0) is 51.8 Å². The van der Waals surface area contributed by atoms with Gasteiger partial charge < -0.3 is 30.7 Å². The van der Waals surface area contributed by atoms with Gasteiger partial charge in [0.25, 0.3) is 0 Å². The fourth-order valence-corrected chi connectivity index (χ4v) is 3.73. The zero-order chi connectivity index (χ0) is 24.1. The first-order valence-electron chi connectivity index (χ1n) is 10.1. The molecule has 0 aromatic heterocycles. The van der Waals surface area contributed by atoms with Gasteiger partial charge in [0.15, 0.2) is 0 Å². The Bertz CT molecular complexity index is 1050. The summed E-state index contributed by atoms with van der Waals surface area (Å²) >= 11 is 3.23. The Morgan fingerprint density at radius 1 is 1.24 bits per heavy atom. The Morgan fingerprint density at radius 2 is 1.94 bits per heavy atom. The van der Waals surface area contributed by atoms with Gasteiger partial charge in [0.1, 0.15) is 35.6 Å². The number of aliphatic hydroxyl groups excluding tert-OH is 2. The topological polar surface area (TPSA) is 131 Å². The van der Waals surface area contributed by atoms with E-state index in [1.807, 2.05) is 0 Å². The molecule has 10 heteroatoms. The molecule has 0 saturated heterocycles. The van der Waals surface area contributed by atoms with E-state index in [2.05, 4.69) is 21.2 Å². The van der Waals surface area contributed by atoms with Crippen LogP contribution in [0.1, 0.15) is 12.0 Å². The lowest BCUT2D eigenvalue weighted by molar-refractivity contribution is -0.126. The maximum absolute atomic E-state index is 13.6. The molecule has 0 spiro atoms. The summed E-state index contributed by atoms with van der Waals surface area (Å²) in [6, 6.07) is 9.72. The monoisotopic (exact) mass is 522 g/mol. The van der Waals surface area contributed by atoms with Crippen LogP contribution in [-0.2, 0) is 16.0 Å². The Hall–Kier alpha value is -2.95. The first-order chi connectivity index (χ1) is 15.7. The van der Waals surface area contributed by atoms with Gasteiger partial charge in [-0.2, -0.15) is 0 Å². The molecule has 4 unspecified atom stereocenters. The predicted octanol–water partition coefficient (Wildman–Crippen LogP) is 1.61. The molecule has 33 heavy (non-hydrogen) atoms. The van der Waals surface area contributed by atoms with Gasteiger partial charge in [0.2, 0.25) is 11.8 Å². The third-order valence-corrected chi connectivity index (χ3v) is 5.88. The minimum atomic E-state index is -1.34. The summed E-state index contributed by atoms with van der Waals surface area (Å²) in [6.07, 6.45) is -2.44. The highest BCUT2D eigenvalue weighted by molar-refractivity contribution is 9.10. The maximum atomic E-state index is 13.6. The third kappa shape index (κ3) is 6.31. The summed E-state index contributed by atoms with van der Waals surface area (Å²) in [7, 11) is 1.54. The molecule has 2 aromatic carbocycles. The molecule has 8 nitrogen and oxygen atoms in total. The molecule has 0 saturated carbocycles. The first-order valence-corrected chi connectivity index (χ1v) is 10.9. The molecule has 5 N–H and O–H groups in total. The molecule has 0 fully saturated rings. The van der Waals surface area contributed by atoms with Crippen LogP contribution in [0.15, 0.2) is 58.6 Å². The normalized spacial score (nSPS) is 21.0. The minimum Gasteiger partial charge on any atom is -0.497 e. The first kappa shape index (κ1) is 24.7. The third-order valence-electron chi connectivity index (χ3n) is 5.22. The molecule has 0 radical (unpaired) electrons. The fraction of sp³-hybridized carbons (Fsp3) is 0.304. The lowest BCUT2D eigenvalue weighted by Gasteiger charge is -2.31. The number of aliphatic hydroxyl groups is 2. The Kier molecular flexibility index (Phi) is 8.06. The van der Waals surface area contributed by atoms with E-state index < -0.39 is 42.0 Å². The molecule has 3 rings (SSSR count). The van der Waals surface area contributed by atoms with Crippen LogP contribution in [0.5, 0.6) is 11.5 Å². The van der Waals surface area contributed by atoms with Crippen molar-refractivity contribution in [1.29, 1.82) is 0 Å². The molecule has 176 valence electrons. The van der Waals surface area contributed by atoms with Crippen LogP contribution in [0, 0.1) is 5.82 Å². The molecule has 0 aliphatic heterocycles. The number of nitrogens with one attached hydrogen (secondary N) is 1. The highest BCUT2D eigenvalue weighted by Crippen LogP contribution is 2.30. The van der Waals surface area contributed by atoms with E-state index in [1.54, 1.807) is 24.3 Å². The molecular formula is C23H24BrFN2O6. The Morgan fingerprint density at radius 3 is 2.58 bits per heavy atom. The molecule has 1 aliphatic rings. The average Bonchev–Trinajstić information content (AvgIpc) is 2.79. The predicted molar refractivity (Wildman–Crippen MR) is 121 cm³/mol. The standard InChI is InChI=1S/C23H24BrFN2O6/c1-32-15-5-2-12(3-6-15)8-17(22(26)30)27-23(31)13-9-18(28)21(29)20(10-13)33-19-11-14(25)4-7-16(19)24/h2-7,10-11,17-18,20-21,28-29H,8-9H2,1H3,(H2,26,30)(H,27,31). The fourth-order valence-electron chi connectivity index (χ4n) is 3.39. The van der Waals surface area contributed by atoms with Crippen molar-refractivity contribution in [2.45, 2.75) is 37.2 Å². The second-order valence-electron chi connectivity index (χ2n) is 7.59. The van der Waals surface area contributed by atoms with Crippen molar-refractivity contribution in [3.8, 4) is 11.5 Å². The van der Waals surface area contributed by atoms with Crippen LogP contribution in [0.2, 0.25) is 0 Å². The SMILES string of the molecule is COc1ccc(CC(NC(=O)C2=CC(Oc3cc(F)ccc3Br)C(O)C(O)C2)C(N)=O)cc1. The van der Waals surface area contributed by atoms with Crippen LogP contribution >= 0.6 is 15.9 Å². The number of carbonyl (C=O) groups excluding carboxylic acids is 2. The number of hydrogen-bond donors (Lipinski definition) is 4. The molecule has 1 aliphatic carbocycles. The van der Waals surface area contributed by atoms with Crippen molar-refractivity contribution < 1.29 is 33.7 Å². The zero-order valence-electron chi connectivity index (χ0n) is 17.7. The van der Waals surface area contributed by atoms with Gasteiger partial charge in [-0.3, -0.25) is 9.59 Å². The van der Waals surface area contributed by atoms with E-state index >= 15 is 0 Å². The summed E-state index contributed by atoms with van der Waals surface area (Å²) in [5.41, 5.74) is 6.33. The van der Waals surface area contributed by atoms with E-state index in [0.717, 1.165) is 11.6 Å². The van der Waals surface area contributed by atoms with Crippen molar-refractivity contribution in [2.24, 2.45) is 5.73 Å². The number of methoxy groups -OCH3 is 1. The summed E-state index contributed by atoms with van der Waals surface area (Å²) in [5.74, 6) is -1.17. The van der Waals surface area contributed by atoms with Crippen molar-refractivity contribution in [3.63, 3.8) is 0 Å². The van der Waals surface area contributed by atoms with E-state index in [1.165, 1.54) is 25.3 Å². The van der Waals surface area contributed by atoms with Crippen LogP contribution in [0.3, 0.4) is 0 Å². The second-order valence-corrected chi connectivity index (χ2v) is 8.45. The molecular weight excluding hydrogens is 499 g/mol. The van der Waals surface area contributed by atoms with Gasteiger partial charge in [0, 0.05) is 24.5 Å². The number of primary amides is 1. The van der Waals surface area contributed by atoms with Gasteiger partial charge in [-0.25, -0.2) is 4.39 Å². The van der Waals surface area contributed by atoms with Gasteiger partial charge >= 0.3 is 0 Å². The van der Waals surface area contributed by atoms with Crippen molar-refractivity contribution in [2.75, 3.05) is 7.11 Å². The van der Waals surface area contributed by atoms with Gasteiger partial charge in [-0.1, -0.05) is 12.1 Å². The zero-order valence-corrected chi connectivity index (χ0v) is 19.3. The summed E-state index contributed by atoms with van der Waals surface area (Å²) in [4.78, 5) is 24.8. The van der Waals surface area contributed by atoms with Crippen LogP contribution in [0.4, 0.5) is 4.39 Å². The molecule has 2 aromatic rings. The van der Waals surface area contributed by atoms with E-state index in [0.29, 0.717) is 10.2 Å². The summed E-state index contributed by atoms with van der Waals surface area (Å²) in [5, 5.41) is 23.2. The molecule has 4 atom stereocenters. The number of rotatable bonds is 8. The van der Waals surface area contributed by atoms with Crippen LogP contribution in [-0.4, -0.2) is 53.5 Å². The van der Waals surface area contributed by atoms with E-state index in [9.17, 15) is 24.2 Å². The number of benzene rings is 2. The van der Waals surface area contributed by atoms with E-state index in [-0.39, 0.29) is 24.2 Å². The smallest absolute Gasteiger partial charge is 0.247 e. The number of nitrogens with two attached hydrogens (primary N) is 1. The highest BCUT2D eigenvalue weighted by Gasteiger charge is 2.35. The highest BCUT2D eigenvalue weighted by atomic mass is 79.9. The summed E-state index contributed by atoms with van der Waals surface area (Å²) < 4.78 is 24.8. The van der Waals surface area contributed by atoms with Crippen molar-refractivity contribution >= 4 is 27.7 Å². The number of halogens is 2. The lowest BCUT2D eigenvalue weighted by Crippen LogP contribution is -2.49. The molecule has 0 bridgehead atoms. The summed E-state index contributed by atoms with van der Waals surface area (Å²) in [6.45, 7) is 0. The maximum Gasteiger partial charge on any atom is 0.247 e. The minimum absolute atomic E-state index is 0.0960. The van der Waals surface area contributed by atoms with Crippen molar-refractivity contribution in [1.82, 2.24) is 5.32 Å².